The van der Waals surface area contributed by atoms with E-state index in [4.69, 9.17) is 21.1 Å². The maximum absolute atomic E-state index is 12.7. The van der Waals surface area contributed by atoms with Crippen molar-refractivity contribution < 1.29 is 22.7 Å². The number of piperazine rings is 1. The van der Waals surface area contributed by atoms with Gasteiger partial charge in [-0.2, -0.15) is 4.31 Å². The van der Waals surface area contributed by atoms with Crippen LogP contribution in [0.4, 0.5) is 0 Å². The first-order valence-electron chi connectivity index (χ1n) is 9.89. The average molecular weight is 465 g/mol. The molecule has 1 aliphatic heterocycles. The summed E-state index contributed by atoms with van der Waals surface area (Å²) < 4.78 is 37.7. The van der Waals surface area contributed by atoms with E-state index in [1.807, 2.05) is 6.92 Å². The average Bonchev–Trinajstić information content (AvgIpc) is 2.79. The van der Waals surface area contributed by atoms with Gasteiger partial charge in [0.15, 0.2) is 11.5 Å². The highest BCUT2D eigenvalue weighted by atomic mass is 35.5. The van der Waals surface area contributed by atoms with Crippen LogP contribution >= 0.6 is 11.6 Å². The highest BCUT2D eigenvalue weighted by Crippen LogP contribution is 2.36. The number of hydrogen-bond donors (Lipinski definition) is 0. The van der Waals surface area contributed by atoms with E-state index >= 15 is 0 Å². The highest BCUT2D eigenvalue weighted by molar-refractivity contribution is 7.89. The Balaban J connectivity index is 1.64. The molecule has 1 heterocycles. The van der Waals surface area contributed by atoms with Crippen molar-refractivity contribution in [2.24, 2.45) is 0 Å². The zero-order chi connectivity index (χ0) is 22.4. The lowest BCUT2D eigenvalue weighted by Crippen LogP contribution is -2.50. The van der Waals surface area contributed by atoms with Crippen molar-refractivity contribution in [2.45, 2.75) is 11.8 Å². The summed E-state index contributed by atoms with van der Waals surface area (Å²) in [6, 6.07) is 11.8. The van der Waals surface area contributed by atoms with Crippen molar-refractivity contribution in [1.29, 1.82) is 0 Å². The first-order valence-corrected chi connectivity index (χ1v) is 11.7. The molecule has 0 aliphatic carbocycles. The van der Waals surface area contributed by atoms with Crippen LogP contribution in [0.2, 0.25) is 5.02 Å². The lowest BCUT2D eigenvalue weighted by atomic mass is 10.1. The Morgan fingerprint density at radius 3 is 2.42 bits per heavy atom. The third-order valence-corrected chi connectivity index (χ3v) is 7.08. The van der Waals surface area contributed by atoms with Gasteiger partial charge in [-0.1, -0.05) is 29.8 Å². The van der Waals surface area contributed by atoms with Gasteiger partial charge in [-0.15, -0.1) is 0 Å². The number of sulfonamides is 1. The zero-order valence-electron chi connectivity index (χ0n) is 17.5. The number of rotatable bonds is 7. The Morgan fingerprint density at radius 2 is 1.81 bits per heavy atom. The molecule has 7 nitrogen and oxygen atoms in total. The number of hydrogen-bond acceptors (Lipinski definition) is 5. The molecule has 3 rings (SSSR count). The molecule has 0 aromatic heterocycles. The third-order valence-electron chi connectivity index (χ3n) is 4.89. The van der Waals surface area contributed by atoms with E-state index in [-0.39, 0.29) is 23.9 Å². The Kier molecular flexibility index (Phi) is 7.59. The summed E-state index contributed by atoms with van der Waals surface area (Å²) in [5.74, 6) is 0.757. The van der Waals surface area contributed by atoms with Gasteiger partial charge in [0.25, 0.3) is 0 Å². The molecule has 166 valence electrons. The molecule has 0 spiro atoms. The first kappa shape index (κ1) is 23.1. The van der Waals surface area contributed by atoms with Crippen LogP contribution in [0.25, 0.3) is 6.08 Å². The molecular formula is C22H25ClN2O5S. The molecule has 0 saturated carbocycles. The van der Waals surface area contributed by atoms with Gasteiger partial charge in [0.2, 0.25) is 15.9 Å². The van der Waals surface area contributed by atoms with Crippen LogP contribution < -0.4 is 9.47 Å². The first-order chi connectivity index (χ1) is 14.9. The van der Waals surface area contributed by atoms with E-state index in [0.29, 0.717) is 41.8 Å². The van der Waals surface area contributed by atoms with Crippen molar-refractivity contribution in [3.8, 4) is 11.5 Å². The Labute approximate surface area is 187 Å². The molecule has 2 aromatic rings. The van der Waals surface area contributed by atoms with Crippen LogP contribution in [0, 0.1) is 0 Å². The van der Waals surface area contributed by atoms with E-state index in [0.717, 1.165) is 0 Å². The van der Waals surface area contributed by atoms with Gasteiger partial charge >= 0.3 is 0 Å². The van der Waals surface area contributed by atoms with Gasteiger partial charge in [0.1, 0.15) is 0 Å². The van der Waals surface area contributed by atoms with E-state index in [1.165, 1.54) is 17.5 Å². The number of amides is 1. The van der Waals surface area contributed by atoms with E-state index in [2.05, 4.69) is 0 Å². The van der Waals surface area contributed by atoms with Crippen molar-refractivity contribution in [3.63, 3.8) is 0 Å². The molecule has 0 radical (unpaired) electrons. The van der Waals surface area contributed by atoms with Crippen molar-refractivity contribution >= 4 is 33.6 Å². The normalized spacial score (nSPS) is 15.3. The highest BCUT2D eigenvalue weighted by Gasteiger charge is 2.29. The number of halogens is 1. The SMILES string of the molecule is CCOc1c(Cl)cc(/C=C/C(=O)N2CCN(S(=O)(=O)c3ccccc3)CC2)cc1OC. The summed E-state index contributed by atoms with van der Waals surface area (Å²) in [6.45, 7) is 3.45. The molecule has 1 aliphatic rings. The number of nitrogens with zero attached hydrogens (tertiary/aromatic N) is 2. The van der Waals surface area contributed by atoms with E-state index in [1.54, 1.807) is 53.4 Å². The van der Waals surface area contributed by atoms with Crippen molar-refractivity contribution in [2.75, 3.05) is 39.9 Å². The third kappa shape index (κ3) is 5.39. The minimum atomic E-state index is -3.55. The maximum Gasteiger partial charge on any atom is 0.246 e. The summed E-state index contributed by atoms with van der Waals surface area (Å²) in [5, 5.41) is 0.396. The van der Waals surface area contributed by atoms with Crippen LogP contribution in [0.5, 0.6) is 11.5 Å². The second kappa shape index (κ2) is 10.2. The fourth-order valence-electron chi connectivity index (χ4n) is 3.28. The van der Waals surface area contributed by atoms with E-state index < -0.39 is 10.0 Å². The van der Waals surface area contributed by atoms with Gasteiger partial charge in [0, 0.05) is 32.3 Å². The largest absolute Gasteiger partial charge is 0.493 e. The van der Waals surface area contributed by atoms with Crippen LogP contribution in [-0.2, 0) is 14.8 Å². The second-order valence-electron chi connectivity index (χ2n) is 6.84. The van der Waals surface area contributed by atoms with Gasteiger partial charge in [0.05, 0.1) is 23.6 Å². The van der Waals surface area contributed by atoms with Crippen LogP contribution in [0.15, 0.2) is 53.4 Å². The standard InChI is InChI=1S/C22H25ClN2O5S/c1-3-30-22-19(23)15-17(16-20(22)29-2)9-10-21(26)24-11-13-25(14-12-24)31(27,28)18-7-5-4-6-8-18/h4-10,15-16H,3,11-14H2,1-2H3/b10-9+. The fourth-order valence-corrected chi connectivity index (χ4v) is 5.00. The van der Waals surface area contributed by atoms with Gasteiger partial charge in [-0.25, -0.2) is 8.42 Å². The summed E-state index contributed by atoms with van der Waals surface area (Å²) >= 11 is 6.27. The molecule has 0 atom stereocenters. The fraction of sp³-hybridized carbons (Fsp3) is 0.318. The molecule has 1 fully saturated rings. The lowest BCUT2D eigenvalue weighted by Gasteiger charge is -2.33. The molecule has 0 N–H and O–H groups in total. The minimum absolute atomic E-state index is 0.194. The van der Waals surface area contributed by atoms with Gasteiger partial charge < -0.3 is 14.4 Å². The molecule has 0 unspecified atom stereocenters. The Morgan fingerprint density at radius 1 is 1.13 bits per heavy atom. The molecule has 31 heavy (non-hydrogen) atoms. The minimum Gasteiger partial charge on any atom is -0.493 e. The number of benzene rings is 2. The van der Waals surface area contributed by atoms with Gasteiger partial charge in [-0.05, 0) is 42.8 Å². The lowest BCUT2D eigenvalue weighted by molar-refractivity contribution is -0.127. The molecule has 1 saturated heterocycles. The Hall–Kier alpha value is -2.55. The van der Waals surface area contributed by atoms with Crippen molar-refractivity contribution in [1.82, 2.24) is 9.21 Å². The zero-order valence-corrected chi connectivity index (χ0v) is 19.0. The Bertz CT molecular complexity index is 1050. The monoisotopic (exact) mass is 464 g/mol. The number of carbonyl (C=O) groups excluding carboxylic acids is 1. The number of ether oxygens (including phenoxy) is 2. The van der Waals surface area contributed by atoms with E-state index in [9.17, 15) is 13.2 Å². The van der Waals surface area contributed by atoms with Crippen LogP contribution in [0.1, 0.15) is 12.5 Å². The molecule has 2 aromatic carbocycles. The summed E-state index contributed by atoms with van der Waals surface area (Å²) in [6.07, 6.45) is 3.10. The molecular weight excluding hydrogens is 440 g/mol. The predicted octanol–water partition coefficient (Wildman–Crippen LogP) is 3.29. The molecule has 1 amide bonds. The predicted molar refractivity (Wildman–Crippen MR) is 120 cm³/mol. The van der Waals surface area contributed by atoms with Gasteiger partial charge in [-0.3, -0.25) is 4.79 Å². The quantitative estimate of drug-likeness (QED) is 0.588. The smallest absolute Gasteiger partial charge is 0.246 e. The van der Waals surface area contributed by atoms with Crippen LogP contribution in [-0.4, -0.2) is 63.4 Å². The maximum atomic E-state index is 12.7. The summed E-state index contributed by atoms with van der Waals surface area (Å²) in [5.41, 5.74) is 0.698. The molecule has 9 heteroatoms. The number of carbonyl (C=O) groups is 1. The summed E-state index contributed by atoms with van der Waals surface area (Å²) in [4.78, 5) is 14.5. The van der Waals surface area contributed by atoms with Crippen molar-refractivity contribution in [3.05, 3.63) is 59.1 Å². The molecule has 0 bridgehead atoms. The van der Waals surface area contributed by atoms with Crippen LogP contribution in [0.3, 0.4) is 0 Å². The summed E-state index contributed by atoms with van der Waals surface area (Å²) in [7, 11) is -2.03. The topological polar surface area (TPSA) is 76.2 Å². The second-order valence-corrected chi connectivity index (χ2v) is 9.19. The number of methoxy groups -OCH3 is 1.